The molecule has 1 aromatic carbocycles. The van der Waals surface area contributed by atoms with Gasteiger partial charge in [0.2, 0.25) is 0 Å². The van der Waals surface area contributed by atoms with Crippen LogP contribution in [-0.4, -0.2) is 107 Å². The molecule has 0 amide bonds. The maximum Gasteiger partial charge on any atom is 0.191 e. The van der Waals surface area contributed by atoms with E-state index in [0.717, 1.165) is 70.6 Å². The van der Waals surface area contributed by atoms with Gasteiger partial charge in [-0.3, -0.25) is 9.89 Å². The second-order valence-corrected chi connectivity index (χ2v) is 8.09. The molecule has 2 N–H and O–H groups in total. The number of ether oxygens (including phenoxy) is 1. The van der Waals surface area contributed by atoms with Crippen LogP contribution in [0.4, 0.5) is 4.39 Å². The number of benzene rings is 1. The molecule has 176 valence electrons. The Bertz CT molecular complexity index is 656. The number of likely N-dealkylation sites (N-methyl/N-ethyl adjacent to an activating group) is 1. The van der Waals surface area contributed by atoms with E-state index < -0.39 is 0 Å². The average molecular weight is 548 g/mol. The van der Waals surface area contributed by atoms with E-state index in [4.69, 9.17) is 4.74 Å². The van der Waals surface area contributed by atoms with Gasteiger partial charge in [0, 0.05) is 52.9 Å². The first kappa shape index (κ1) is 26.2. The van der Waals surface area contributed by atoms with E-state index >= 15 is 0 Å². The maximum atomic E-state index is 13.4. The number of nitrogens with zero attached hydrogens (tertiary/aromatic N) is 4. The molecular weight excluding hydrogens is 510 g/mol. The molecule has 0 saturated carbocycles. The summed E-state index contributed by atoms with van der Waals surface area (Å²) in [7, 11) is 4.00. The van der Waals surface area contributed by atoms with Crippen LogP contribution in [0.15, 0.2) is 29.3 Å². The van der Waals surface area contributed by atoms with Crippen molar-refractivity contribution in [1.82, 2.24) is 25.3 Å². The molecule has 0 aliphatic carbocycles. The van der Waals surface area contributed by atoms with Gasteiger partial charge in [-0.25, -0.2) is 4.39 Å². The second kappa shape index (κ2) is 14.2. The molecule has 0 spiro atoms. The van der Waals surface area contributed by atoms with Crippen LogP contribution in [0, 0.1) is 5.82 Å². The topological polar surface area (TPSA) is 55.4 Å². The first-order chi connectivity index (χ1) is 14.7. The molecule has 31 heavy (non-hydrogen) atoms. The van der Waals surface area contributed by atoms with Crippen LogP contribution in [-0.2, 0) is 4.74 Å². The smallest absolute Gasteiger partial charge is 0.191 e. The van der Waals surface area contributed by atoms with E-state index in [1.165, 1.54) is 25.1 Å². The Kier molecular flexibility index (Phi) is 12.0. The number of aliphatic imine (C=N–C) groups is 1. The number of hydrogen-bond acceptors (Lipinski definition) is 5. The summed E-state index contributed by atoms with van der Waals surface area (Å²) in [5, 5.41) is 6.92. The molecule has 2 aliphatic rings. The molecule has 7 nitrogen and oxygen atoms in total. The predicted octanol–water partition coefficient (Wildman–Crippen LogP) is 1.62. The molecule has 2 saturated heterocycles. The predicted molar refractivity (Wildman–Crippen MR) is 135 cm³/mol. The van der Waals surface area contributed by atoms with Gasteiger partial charge in [-0.15, -0.1) is 24.0 Å². The lowest BCUT2D eigenvalue weighted by Crippen LogP contribution is -2.47. The summed E-state index contributed by atoms with van der Waals surface area (Å²) >= 11 is 0. The third kappa shape index (κ3) is 8.80. The zero-order chi connectivity index (χ0) is 21.2. The van der Waals surface area contributed by atoms with E-state index in [1.54, 1.807) is 7.05 Å². The van der Waals surface area contributed by atoms with E-state index in [-0.39, 0.29) is 35.8 Å². The molecule has 0 radical (unpaired) electrons. The van der Waals surface area contributed by atoms with Gasteiger partial charge >= 0.3 is 0 Å². The van der Waals surface area contributed by atoms with Gasteiger partial charge in [-0.1, -0.05) is 12.1 Å². The number of nitrogens with one attached hydrogen (secondary N) is 2. The van der Waals surface area contributed by atoms with Crippen molar-refractivity contribution in [2.24, 2.45) is 4.99 Å². The average Bonchev–Trinajstić information content (AvgIpc) is 2.98. The summed E-state index contributed by atoms with van der Waals surface area (Å²) in [5.41, 5.74) is 1.11. The first-order valence-corrected chi connectivity index (χ1v) is 11.1. The van der Waals surface area contributed by atoms with Gasteiger partial charge in [0.15, 0.2) is 5.96 Å². The van der Waals surface area contributed by atoms with Crippen LogP contribution in [0.25, 0.3) is 0 Å². The van der Waals surface area contributed by atoms with Crippen LogP contribution >= 0.6 is 24.0 Å². The third-order valence-corrected chi connectivity index (χ3v) is 5.96. The number of hydrogen-bond donors (Lipinski definition) is 2. The summed E-state index contributed by atoms with van der Waals surface area (Å²) < 4.78 is 18.9. The van der Waals surface area contributed by atoms with Crippen LogP contribution in [0.1, 0.15) is 18.0 Å². The molecule has 1 aromatic rings. The van der Waals surface area contributed by atoms with Gasteiger partial charge in [0.05, 0.1) is 19.3 Å². The van der Waals surface area contributed by atoms with E-state index in [9.17, 15) is 4.39 Å². The van der Waals surface area contributed by atoms with Crippen molar-refractivity contribution >= 4 is 29.9 Å². The largest absolute Gasteiger partial charge is 0.379 e. The minimum atomic E-state index is -0.204. The van der Waals surface area contributed by atoms with Crippen molar-refractivity contribution in [2.45, 2.75) is 12.5 Å². The van der Waals surface area contributed by atoms with Gasteiger partial charge in [0.25, 0.3) is 0 Å². The van der Waals surface area contributed by atoms with Crippen molar-refractivity contribution < 1.29 is 9.13 Å². The van der Waals surface area contributed by atoms with Gasteiger partial charge < -0.3 is 25.2 Å². The van der Waals surface area contributed by atoms with Gasteiger partial charge in [0.1, 0.15) is 5.82 Å². The highest BCUT2D eigenvalue weighted by Gasteiger charge is 2.23. The van der Waals surface area contributed by atoms with E-state index in [1.807, 2.05) is 12.1 Å². The van der Waals surface area contributed by atoms with Crippen LogP contribution in [0.3, 0.4) is 0 Å². The molecule has 2 fully saturated rings. The normalized spacial score (nSPS) is 20.5. The summed E-state index contributed by atoms with van der Waals surface area (Å²) in [6.07, 6.45) is 1.22. The fraction of sp³-hybridized carbons (Fsp3) is 0.682. The fourth-order valence-electron chi connectivity index (χ4n) is 4.10. The minimum Gasteiger partial charge on any atom is -0.379 e. The number of guanidine groups is 1. The van der Waals surface area contributed by atoms with E-state index in [0.29, 0.717) is 6.54 Å². The molecule has 9 heteroatoms. The molecule has 1 unspecified atom stereocenters. The Morgan fingerprint density at radius 3 is 2.52 bits per heavy atom. The molecule has 0 bridgehead atoms. The monoisotopic (exact) mass is 548 g/mol. The molecular formula is C22H38FIN6O. The SMILES string of the molecule is CN=C(NCCN1CCCN(C)CC1)NCC(c1ccc(F)cc1)N1CCOCC1.I. The maximum absolute atomic E-state index is 13.4. The molecule has 0 aromatic heterocycles. The Hall–Kier alpha value is -1.01. The lowest BCUT2D eigenvalue weighted by molar-refractivity contribution is 0.0170. The zero-order valence-corrected chi connectivity index (χ0v) is 21.2. The summed E-state index contributed by atoms with van der Waals surface area (Å²) in [4.78, 5) is 11.7. The standard InChI is InChI=1S/C22H37FN6O.HI/c1-24-22(25-8-11-28-10-3-9-27(2)12-13-28)26-18-21(29-14-16-30-17-15-29)19-4-6-20(23)7-5-19;/h4-7,21H,3,8-18H2,1-2H3,(H2,24,25,26);1H. The van der Waals surface area contributed by atoms with Crippen molar-refractivity contribution in [3.63, 3.8) is 0 Å². The third-order valence-electron chi connectivity index (χ3n) is 5.96. The van der Waals surface area contributed by atoms with Crippen molar-refractivity contribution in [1.29, 1.82) is 0 Å². The zero-order valence-electron chi connectivity index (χ0n) is 18.9. The second-order valence-electron chi connectivity index (χ2n) is 8.09. The lowest BCUT2D eigenvalue weighted by atomic mass is 10.0. The summed E-state index contributed by atoms with van der Waals surface area (Å²) in [6.45, 7) is 10.4. The fourth-order valence-corrected chi connectivity index (χ4v) is 4.10. The highest BCUT2D eigenvalue weighted by Crippen LogP contribution is 2.21. The summed E-state index contributed by atoms with van der Waals surface area (Å²) in [5.74, 6) is 0.604. The number of morpholine rings is 1. The van der Waals surface area contributed by atoms with E-state index in [2.05, 4.69) is 37.4 Å². The first-order valence-electron chi connectivity index (χ1n) is 11.1. The van der Waals surface area contributed by atoms with Gasteiger partial charge in [-0.2, -0.15) is 0 Å². The Balaban J connectivity index is 0.00000341. The Labute approximate surface area is 203 Å². The molecule has 3 rings (SSSR count). The van der Waals surface area contributed by atoms with Crippen molar-refractivity contribution in [3.05, 3.63) is 35.6 Å². The number of rotatable bonds is 7. The molecule has 2 aliphatic heterocycles. The summed E-state index contributed by atoms with van der Waals surface area (Å²) in [6, 6.07) is 6.98. The van der Waals surface area contributed by atoms with Gasteiger partial charge in [-0.05, 0) is 44.3 Å². The van der Waals surface area contributed by atoms with Crippen LogP contribution in [0.2, 0.25) is 0 Å². The van der Waals surface area contributed by atoms with Crippen LogP contribution < -0.4 is 10.6 Å². The van der Waals surface area contributed by atoms with Crippen molar-refractivity contribution in [2.75, 3.05) is 86.2 Å². The van der Waals surface area contributed by atoms with Crippen LogP contribution in [0.5, 0.6) is 0 Å². The molecule has 1 atom stereocenters. The number of halogens is 2. The Morgan fingerprint density at radius 2 is 1.81 bits per heavy atom. The molecule has 2 heterocycles. The minimum absolute atomic E-state index is 0. The quantitative estimate of drug-likeness (QED) is 0.307. The Morgan fingerprint density at radius 1 is 1.06 bits per heavy atom. The highest BCUT2D eigenvalue weighted by atomic mass is 127. The highest BCUT2D eigenvalue weighted by molar-refractivity contribution is 14.0. The van der Waals surface area contributed by atoms with Crippen molar-refractivity contribution in [3.8, 4) is 0 Å². The lowest BCUT2D eigenvalue weighted by Gasteiger charge is -2.35.